The minimum Gasteiger partial charge on any atom is -0.756 e. The third kappa shape index (κ3) is 15.3. The van der Waals surface area contributed by atoms with Gasteiger partial charge >= 0.3 is 132 Å². The van der Waals surface area contributed by atoms with Crippen LogP contribution in [0.3, 0.4) is 0 Å². The first-order chi connectivity index (χ1) is 45.0. The van der Waals surface area contributed by atoms with Gasteiger partial charge in [0.05, 0.1) is 50.5 Å². The van der Waals surface area contributed by atoms with E-state index in [4.69, 9.17) is 102 Å². The van der Waals surface area contributed by atoms with Crippen LogP contribution in [0.25, 0.3) is 44.4 Å². The first-order valence-electron chi connectivity index (χ1n) is 29.5. The summed E-state index contributed by atoms with van der Waals surface area (Å²) in [5, 5.41) is 47.1. The molecule has 6 saturated heterocycles. The Morgan fingerprint density at radius 3 is 1.32 bits per heavy atom. The van der Waals surface area contributed by atoms with E-state index in [1.54, 1.807) is 9.13 Å². The summed E-state index contributed by atoms with van der Waals surface area (Å²) in [4.78, 5) is 78.0. The van der Waals surface area contributed by atoms with Crippen molar-refractivity contribution in [1.29, 1.82) is 0 Å². The van der Waals surface area contributed by atoms with E-state index < -0.39 is 153 Å². The summed E-state index contributed by atoms with van der Waals surface area (Å²) < 4.78 is 102. The zero-order valence-corrected chi connectivity index (χ0v) is 66.6. The predicted molar refractivity (Wildman–Crippen MR) is 326 cm³/mol. The van der Waals surface area contributed by atoms with Crippen molar-refractivity contribution < 1.29 is 218 Å². The molecule has 0 radical (unpaired) electrons. The molecule has 8 aromatic heterocycles. The van der Waals surface area contributed by atoms with Crippen molar-refractivity contribution in [2.24, 2.45) is 0 Å². The smallest absolute Gasteiger partial charge is 0.756 e. The second-order valence-corrected chi connectivity index (χ2v) is 32.9. The van der Waals surface area contributed by atoms with E-state index in [-0.39, 0.29) is 152 Å². The number of anilines is 2. The molecule has 10 N–H and O–H groups in total. The SMILES string of the molecule is Nc1ncnc2c1ncn2[C@@H]1O[C@@H]2COP(=O)([O-])O[C@H]3[C@@H](O)[C@H](n4cc5c6c(ncnc64)CCCC5)O[C@@H]3COP(O)(=S)O[C@@H]1[C@@H]2O.Nc1ncnc2c1ncn2[C@@H]1O[C@@H]2COP(=O)([S-])O[C@H]3[C@@H](O)[C@H](n4cc5c6c(ncnc64)CCCC5)O[C@@H]3COP(O)(=S)O[C@@H]1[C@@H]2O.[Na+].[Na+].[Na+].[Na+]. The van der Waals surface area contributed by atoms with Crippen molar-refractivity contribution in [2.45, 2.75) is 150 Å². The average molecular weight is 1530 g/mol. The molecule has 0 saturated carbocycles. The van der Waals surface area contributed by atoms with E-state index in [9.17, 15) is 44.2 Å². The van der Waals surface area contributed by atoms with Crippen LogP contribution in [0.15, 0.2) is 50.4 Å². The maximum Gasteiger partial charge on any atom is 1.00 e. The summed E-state index contributed by atoms with van der Waals surface area (Å²) in [5.74, 6) is 0.192. The van der Waals surface area contributed by atoms with E-state index >= 15 is 0 Å². The zero-order valence-electron chi connectivity index (χ0n) is 52.6. The Morgan fingerprint density at radius 1 is 0.469 bits per heavy atom. The third-order valence-corrected chi connectivity index (χ3v) is 23.1. The molecule has 20 atom stereocenters. The van der Waals surface area contributed by atoms with E-state index in [1.807, 2.05) is 12.4 Å². The number of aryl methyl sites for hydroxylation is 4. The number of nitrogens with two attached hydrogens (primary N) is 2. The maximum absolute atomic E-state index is 13.5. The fourth-order valence-electron chi connectivity index (χ4n) is 13.1. The molecule has 0 spiro atoms. The van der Waals surface area contributed by atoms with Gasteiger partial charge in [-0.2, -0.15) is 0 Å². The van der Waals surface area contributed by atoms with Crippen molar-refractivity contribution in [3.8, 4) is 0 Å². The van der Waals surface area contributed by atoms with E-state index in [0.29, 0.717) is 11.3 Å². The minimum absolute atomic E-state index is 0. The summed E-state index contributed by atoms with van der Waals surface area (Å²) in [7, 11) is -5.19. The number of aliphatic hydroxyl groups excluding tert-OH is 4. The monoisotopic (exact) mass is 1530 g/mol. The first kappa shape index (κ1) is 78.4. The normalized spacial score (nSPS) is 36.5. The van der Waals surface area contributed by atoms with Crippen LogP contribution < -0.4 is 135 Å². The predicted octanol–water partition coefficient (Wildman–Crippen LogP) is -11.3. The van der Waals surface area contributed by atoms with Crippen LogP contribution in [0.4, 0.5) is 11.6 Å². The molecule has 6 fully saturated rings. The van der Waals surface area contributed by atoms with Gasteiger partial charge in [-0.3, -0.25) is 27.3 Å². The Morgan fingerprint density at radius 2 is 0.857 bits per heavy atom. The number of phosphoric ester groups is 1. The van der Waals surface area contributed by atoms with Gasteiger partial charge in [-0.1, -0.05) is 0 Å². The molecule has 8 aromatic rings. The zero-order chi connectivity index (χ0) is 65.3. The molecule has 2 aliphatic carbocycles. The molecule has 14 heterocycles. The molecule has 37 nitrogen and oxygen atoms in total. The van der Waals surface area contributed by atoms with Crippen LogP contribution in [0, 0.1) is 0 Å². The Bertz CT molecular complexity index is 4200. The summed E-state index contributed by atoms with van der Waals surface area (Å²) in [6.45, 7) is -15.0. The maximum atomic E-state index is 13.5. The largest absolute Gasteiger partial charge is 1.00 e. The second kappa shape index (κ2) is 31.2. The molecule has 98 heavy (non-hydrogen) atoms. The Balaban J connectivity index is 0.000000191. The van der Waals surface area contributed by atoms with Crippen molar-refractivity contribution in [1.82, 2.24) is 68.1 Å². The number of ether oxygens (including phenoxy) is 4. The van der Waals surface area contributed by atoms with Crippen LogP contribution in [-0.2, 0) is 126 Å². The molecule has 0 aromatic carbocycles. The summed E-state index contributed by atoms with van der Waals surface area (Å²) in [6, 6.07) is 0. The van der Waals surface area contributed by atoms with Gasteiger partial charge in [0.15, 0.2) is 54.6 Å². The third-order valence-electron chi connectivity index (χ3n) is 17.5. The number of rotatable bonds is 4. The van der Waals surface area contributed by atoms with Crippen LogP contribution in [0.5, 0.6) is 0 Å². The molecule has 6 aliphatic heterocycles. The number of nitrogens with zero attached hydrogens (tertiary/aromatic N) is 14. The van der Waals surface area contributed by atoms with Gasteiger partial charge in [0.1, 0.15) is 121 Å². The van der Waals surface area contributed by atoms with Crippen LogP contribution in [0.2, 0.25) is 0 Å². The standard InChI is InChI=1S/C25H30N8O11P2S.C25H30N8O10P2S2.4Na/c26-21-16-23(30-9-28-21)33(10-31-16)25-20-17(34)13(41-25)6-39-45(36,37)43-19-14(7-40-46(38,47)44-20)42-24(18(19)35)32-5-11-3-1-2-4-12-15(11)22(32)29-8-27-12;26-21-16-23(30-9-28-21)33(10-31-16)25-20-17(34)13(40-25)6-38-44(36,46)42-19-14(7-39-45(37,47)43-20)41-24(18(19)35)32-5-11-3-1-2-4-12-15(11)22(32)29-8-27-12;;;;/h5,8-10,13-14,17-20,24-25,34-35H,1-4,6-7H2,(H,36,37)(H,38,47)(H2,26,28,30);5,8-10,13-14,17-20,24-25,34-35H,1-4,6-7H2,(H,36,46)(H,37,47)(H2,26,28,30);;;;/q;;4*+1/p-2/t13-,14-,17-,18-,19-,20-,24-,25-,46?;13-,14-,17-,18-,19-,20-,24-,25-,44?,45?;;;;/m11..../s1. The fourth-order valence-corrected chi connectivity index (χ4v) is 18.3. The molecular formula is C50H58N16Na4O21P4S3+2. The van der Waals surface area contributed by atoms with Crippen LogP contribution in [-0.4, -0.2) is 198 Å². The van der Waals surface area contributed by atoms with Gasteiger partial charge < -0.3 is 114 Å². The van der Waals surface area contributed by atoms with Crippen molar-refractivity contribution in [2.75, 3.05) is 37.9 Å². The molecule has 504 valence electrons. The van der Waals surface area contributed by atoms with Crippen molar-refractivity contribution in [3.05, 3.63) is 72.9 Å². The summed E-state index contributed by atoms with van der Waals surface area (Å²) >= 11 is 15.9. The van der Waals surface area contributed by atoms with Gasteiger partial charge in [-0.05, 0) is 86.1 Å². The van der Waals surface area contributed by atoms with Crippen LogP contribution in [0.1, 0.15) is 73.1 Å². The molecule has 4 bridgehead atoms. The number of aliphatic hydroxyl groups is 4. The molecule has 4 unspecified atom stereocenters. The Hall–Kier alpha value is -0.710. The van der Waals surface area contributed by atoms with Gasteiger partial charge in [0, 0.05) is 23.2 Å². The van der Waals surface area contributed by atoms with E-state index in [1.165, 1.54) is 47.1 Å². The molecule has 48 heteroatoms. The number of hydrogen-bond donors (Lipinski definition) is 8. The van der Waals surface area contributed by atoms with Gasteiger partial charge in [-0.15, -0.1) is 0 Å². The number of aromatic nitrogens is 14. The molecular weight excluding hydrogens is 1470 g/mol. The molecule has 16 rings (SSSR count). The van der Waals surface area contributed by atoms with Gasteiger partial charge in [0.25, 0.3) is 7.82 Å². The van der Waals surface area contributed by atoms with Gasteiger partial charge in [-0.25, -0.2) is 49.8 Å². The second-order valence-electron chi connectivity index (χ2n) is 23.3. The topological polar surface area (TPSA) is 490 Å². The summed E-state index contributed by atoms with van der Waals surface area (Å²) in [6.07, 6.45) is -2.60. The number of nitrogen functional groups attached to an aromatic ring is 2. The van der Waals surface area contributed by atoms with Gasteiger partial charge in [0.2, 0.25) is 0 Å². The quantitative estimate of drug-likeness (QED) is 0.0461. The van der Waals surface area contributed by atoms with Crippen molar-refractivity contribution in [3.63, 3.8) is 0 Å². The van der Waals surface area contributed by atoms with Crippen molar-refractivity contribution >= 4 is 120 Å². The number of hydrogen-bond acceptors (Lipinski definition) is 34. The fraction of sp³-hybridized carbons (Fsp3) is 0.560. The Labute approximate surface area is 658 Å². The minimum atomic E-state index is -5.19. The first-order valence-corrected chi connectivity index (χ1v) is 38.7. The van der Waals surface area contributed by atoms with E-state index in [2.05, 4.69) is 49.8 Å². The number of imidazole rings is 2. The Kier molecular flexibility index (Phi) is 25.0. The van der Waals surface area contributed by atoms with E-state index in [0.717, 1.165) is 84.7 Å². The molecule has 8 aliphatic rings. The average Bonchev–Trinajstić information content (AvgIpc) is 1.62. The number of phosphoric acid groups is 1. The number of fused-ring (bicyclic) bond motifs is 8. The summed E-state index contributed by atoms with van der Waals surface area (Å²) in [5.41, 5.74) is 17.7. The van der Waals surface area contributed by atoms with Crippen LogP contribution >= 0.6 is 28.1 Å². The molecule has 0 amide bonds.